The second-order valence-electron chi connectivity index (χ2n) is 4.36. The molecule has 1 fully saturated rings. The topological polar surface area (TPSA) is 43.8 Å². The van der Waals surface area contributed by atoms with E-state index in [2.05, 4.69) is 0 Å². The maximum Gasteiger partial charge on any atom is 0.376 e. The Morgan fingerprint density at radius 1 is 1.40 bits per heavy atom. The number of likely N-dealkylation sites (tertiary alicyclic amines) is 1. The molecule has 0 aliphatic carbocycles. The summed E-state index contributed by atoms with van der Waals surface area (Å²) >= 11 is 0. The highest BCUT2D eigenvalue weighted by Crippen LogP contribution is 2.11. The predicted molar refractivity (Wildman–Crippen MR) is 61.5 cm³/mol. The Labute approximate surface area is 92.4 Å². The second-order valence-corrected chi connectivity index (χ2v) is 4.36. The first-order valence-corrected chi connectivity index (χ1v) is 5.73. The van der Waals surface area contributed by atoms with Gasteiger partial charge in [0.25, 0.3) is 0 Å². The molecule has 1 unspecified atom stereocenters. The summed E-state index contributed by atoms with van der Waals surface area (Å²) in [7, 11) is 1.20. The molecule has 1 N–H and O–H groups in total. The Hall–Kier alpha value is -0.545. The van der Waals surface area contributed by atoms with Crippen molar-refractivity contribution in [3.05, 3.63) is 0 Å². The summed E-state index contributed by atoms with van der Waals surface area (Å²) in [4.78, 5) is 15.6. The Kier molecular flexibility index (Phi) is 4.60. The molecule has 1 heterocycles. The van der Waals surface area contributed by atoms with Gasteiger partial charge in [0.05, 0.1) is 6.04 Å². The molecule has 1 atom stereocenters. The fourth-order valence-electron chi connectivity index (χ4n) is 1.88. The third kappa shape index (κ3) is 3.21. The molecule has 1 aliphatic rings. The molecule has 4 nitrogen and oxygen atoms in total. The zero-order valence-electron chi connectivity index (χ0n) is 9.94. The maximum atomic E-state index is 12.0. The van der Waals surface area contributed by atoms with Crippen molar-refractivity contribution in [3.8, 4) is 0 Å². The molecular formula is C10H21BN2O2. The van der Waals surface area contributed by atoms with E-state index in [0.717, 1.165) is 25.9 Å². The number of hydrogen-bond acceptors (Lipinski definition) is 3. The van der Waals surface area contributed by atoms with Gasteiger partial charge in [0.1, 0.15) is 0 Å². The monoisotopic (exact) mass is 212 g/mol. The van der Waals surface area contributed by atoms with E-state index in [0.29, 0.717) is 0 Å². The Morgan fingerprint density at radius 2 is 1.93 bits per heavy atom. The van der Waals surface area contributed by atoms with Crippen LogP contribution >= 0.6 is 0 Å². The first-order valence-electron chi connectivity index (χ1n) is 5.73. The van der Waals surface area contributed by atoms with Crippen LogP contribution in [0.5, 0.6) is 0 Å². The van der Waals surface area contributed by atoms with E-state index < -0.39 is 7.05 Å². The van der Waals surface area contributed by atoms with Crippen molar-refractivity contribution in [1.82, 2.24) is 9.71 Å². The Balaban J connectivity index is 2.50. The smallest absolute Gasteiger partial charge is 0.376 e. The SMILES string of the molecule is CB(O)N(C)C(C)C(=O)N1CCCCC1. The summed E-state index contributed by atoms with van der Waals surface area (Å²) in [5, 5.41) is 9.39. The van der Waals surface area contributed by atoms with Gasteiger partial charge in [-0.3, -0.25) is 4.79 Å². The molecule has 0 saturated carbocycles. The first-order chi connectivity index (χ1) is 7.04. The van der Waals surface area contributed by atoms with Crippen LogP contribution in [0.3, 0.4) is 0 Å². The van der Waals surface area contributed by atoms with Gasteiger partial charge in [-0.2, -0.15) is 0 Å². The van der Waals surface area contributed by atoms with Crippen LogP contribution < -0.4 is 0 Å². The van der Waals surface area contributed by atoms with Crippen LogP contribution in [0, 0.1) is 0 Å². The van der Waals surface area contributed by atoms with Crippen molar-refractivity contribution >= 4 is 13.0 Å². The molecule has 5 heteroatoms. The number of carbonyl (C=O) groups is 1. The van der Waals surface area contributed by atoms with Crippen molar-refractivity contribution in [2.75, 3.05) is 20.1 Å². The van der Waals surface area contributed by atoms with Gasteiger partial charge in [-0.25, -0.2) is 0 Å². The van der Waals surface area contributed by atoms with Gasteiger partial charge >= 0.3 is 7.05 Å². The van der Waals surface area contributed by atoms with E-state index in [4.69, 9.17) is 0 Å². The van der Waals surface area contributed by atoms with Crippen molar-refractivity contribution < 1.29 is 9.82 Å². The van der Waals surface area contributed by atoms with Crippen LogP contribution in [0.1, 0.15) is 26.2 Å². The summed E-state index contributed by atoms with van der Waals surface area (Å²) in [6, 6.07) is -0.233. The van der Waals surface area contributed by atoms with Crippen LogP contribution in [0.15, 0.2) is 0 Å². The minimum atomic E-state index is -0.575. The Bertz CT molecular complexity index is 217. The van der Waals surface area contributed by atoms with Gasteiger partial charge in [0.15, 0.2) is 0 Å². The van der Waals surface area contributed by atoms with Crippen LogP contribution in [0.2, 0.25) is 6.82 Å². The van der Waals surface area contributed by atoms with E-state index >= 15 is 0 Å². The highest BCUT2D eigenvalue weighted by Gasteiger charge is 2.27. The summed E-state index contributed by atoms with van der Waals surface area (Å²) < 4.78 is 0. The third-order valence-corrected chi connectivity index (χ3v) is 3.23. The van der Waals surface area contributed by atoms with Gasteiger partial charge in [-0.15, -0.1) is 0 Å². The highest BCUT2D eigenvalue weighted by atomic mass is 16.2. The number of nitrogens with zero attached hydrogens (tertiary/aromatic N) is 2. The largest absolute Gasteiger partial charge is 0.437 e. The lowest BCUT2D eigenvalue weighted by Gasteiger charge is -2.33. The molecule has 15 heavy (non-hydrogen) atoms. The molecule has 86 valence electrons. The molecule has 1 amide bonds. The summed E-state index contributed by atoms with van der Waals surface area (Å²) in [5.74, 6) is 0.137. The van der Waals surface area contributed by atoms with Crippen LogP contribution in [0.25, 0.3) is 0 Å². The van der Waals surface area contributed by atoms with Gasteiger partial charge in [-0.05, 0) is 40.1 Å². The molecule has 0 aromatic carbocycles. The lowest BCUT2D eigenvalue weighted by Crippen LogP contribution is -2.51. The second kappa shape index (κ2) is 5.51. The summed E-state index contributed by atoms with van der Waals surface area (Å²) in [6.07, 6.45) is 3.44. The minimum Gasteiger partial charge on any atom is -0.437 e. The average molecular weight is 212 g/mol. The molecule has 0 aromatic rings. The lowest BCUT2D eigenvalue weighted by molar-refractivity contribution is -0.135. The predicted octanol–water partition coefficient (Wildman–Crippen LogP) is 0.429. The lowest BCUT2D eigenvalue weighted by atomic mass is 9.84. The van der Waals surface area contributed by atoms with Gasteiger partial charge in [0.2, 0.25) is 5.91 Å². The molecule has 1 rings (SSSR count). The van der Waals surface area contributed by atoms with Gasteiger partial charge in [0, 0.05) is 13.1 Å². The van der Waals surface area contributed by atoms with E-state index in [1.165, 1.54) is 6.42 Å². The van der Waals surface area contributed by atoms with Crippen molar-refractivity contribution in [1.29, 1.82) is 0 Å². The number of likely N-dealkylation sites (N-methyl/N-ethyl adjacent to an activating group) is 1. The first kappa shape index (κ1) is 12.5. The van der Waals surface area contributed by atoms with Gasteiger partial charge < -0.3 is 14.7 Å². The number of piperidine rings is 1. The van der Waals surface area contributed by atoms with E-state index in [1.807, 2.05) is 11.8 Å². The standard InChI is InChI=1S/C10H21BN2O2/c1-9(12(3)11(2)15)10(14)13-7-5-4-6-8-13/h9,15H,4-8H2,1-3H3. The number of amides is 1. The third-order valence-electron chi connectivity index (χ3n) is 3.23. The quantitative estimate of drug-likeness (QED) is 0.690. The minimum absolute atomic E-state index is 0.137. The fourth-order valence-corrected chi connectivity index (χ4v) is 1.88. The van der Waals surface area contributed by atoms with Crippen LogP contribution in [0.4, 0.5) is 0 Å². The molecule has 1 saturated heterocycles. The van der Waals surface area contributed by atoms with Crippen LogP contribution in [-0.4, -0.2) is 53.9 Å². The molecule has 1 aliphatic heterocycles. The van der Waals surface area contributed by atoms with E-state index in [-0.39, 0.29) is 11.9 Å². The average Bonchev–Trinajstić information content (AvgIpc) is 2.27. The fraction of sp³-hybridized carbons (Fsp3) is 0.900. The van der Waals surface area contributed by atoms with Crippen LogP contribution in [-0.2, 0) is 4.79 Å². The molecule has 0 aromatic heterocycles. The zero-order chi connectivity index (χ0) is 11.4. The van der Waals surface area contributed by atoms with Gasteiger partial charge in [-0.1, -0.05) is 0 Å². The zero-order valence-corrected chi connectivity index (χ0v) is 9.94. The van der Waals surface area contributed by atoms with Crippen molar-refractivity contribution in [2.24, 2.45) is 0 Å². The summed E-state index contributed by atoms with van der Waals surface area (Å²) in [6.45, 7) is 5.28. The molecule has 0 radical (unpaired) electrons. The summed E-state index contributed by atoms with van der Waals surface area (Å²) in [5.41, 5.74) is 0. The van der Waals surface area contributed by atoms with Crippen molar-refractivity contribution in [2.45, 2.75) is 39.1 Å². The highest BCUT2D eigenvalue weighted by molar-refractivity contribution is 6.45. The van der Waals surface area contributed by atoms with E-state index in [9.17, 15) is 9.82 Å². The molecule has 0 bridgehead atoms. The number of rotatable bonds is 3. The number of carbonyl (C=O) groups excluding carboxylic acids is 1. The Morgan fingerprint density at radius 3 is 2.40 bits per heavy atom. The number of hydrogen-bond donors (Lipinski definition) is 1. The normalized spacial score (nSPS) is 19.1. The van der Waals surface area contributed by atoms with E-state index in [1.54, 1.807) is 18.7 Å². The molecule has 0 spiro atoms. The molecular weight excluding hydrogens is 191 g/mol. The maximum absolute atomic E-state index is 12.0. The van der Waals surface area contributed by atoms with Crippen molar-refractivity contribution in [3.63, 3.8) is 0 Å².